The van der Waals surface area contributed by atoms with E-state index in [1.807, 2.05) is 67.6 Å². The summed E-state index contributed by atoms with van der Waals surface area (Å²) in [6, 6.07) is 17.7. The summed E-state index contributed by atoms with van der Waals surface area (Å²) >= 11 is 1.65. The molecule has 208 valence electrons. The van der Waals surface area contributed by atoms with Gasteiger partial charge in [-0.1, -0.05) is 61.9 Å². The lowest BCUT2D eigenvalue weighted by molar-refractivity contribution is -0.142. The predicted octanol–water partition coefficient (Wildman–Crippen LogP) is 4.01. The summed E-state index contributed by atoms with van der Waals surface area (Å²) in [5.74, 6) is -1.77. The number of para-hydroxylation sites is 1. The quantitative estimate of drug-likeness (QED) is 0.416. The standard InChI is InChI=1S/C31H39N3O4S/c1-4-11-20(2)32-28(37)26-31-17-16-30(3,39-31)24(27(36)33-22-14-9-6-10-15-22)25(31)29(38)34(26)23(19-35)18-21-12-7-5-8-13-21/h5-10,12-15,20,23-26,35H,4,11,16-19H2,1-3H3,(H,32,37)(H,33,36)/t20?,23-,24+,25+,26?,30-,31?/m1/s1. The first-order valence-electron chi connectivity index (χ1n) is 14.1. The summed E-state index contributed by atoms with van der Waals surface area (Å²) in [5.41, 5.74) is 1.68. The van der Waals surface area contributed by atoms with Crippen molar-refractivity contribution in [2.75, 3.05) is 11.9 Å². The van der Waals surface area contributed by atoms with Crippen molar-refractivity contribution in [1.82, 2.24) is 10.2 Å². The van der Waals surface area contributed by atoms with Crippen molar-refractivity contribution in [2.45, 2.75) is 80.5 Å². The Balaban J connectivity index is 1.53. The fourth-order valence-electron chi connectivity index (χ4n) is 7.16. The molecule has 0 radical (unpaired) electrons. The van der Waals surface area contributed by atoms with Gasteiger partial charge in [-0.25, -0.2) is 0 Å². The lowest BCUT2D eigenvalue weighted by Crippen LogP contribution is -2.58. The van der Waals surface area contributed by atoms with E-state index in [0.29, 0.717) is 18.5 Å². The molecule has 3 fully saturated rings. The normalized spacial score (nSPS) is 30.6. The van der Waals surface area contributed by atoms with Crippen molar-refractivity contribution in [3.05, 3.63) is 66.2 Å². The van der Waals surface area contributed by atoms with E-state index in [1.54, 1.807) is 16.7 Å². The van der Waals surface area contributed by atoms with Crippen LogP contribution in [0, 0.1) is 11.8 Å². The van der Waals surface area contributed by atoms with Crippen molar-refractivity contribution in [1.29, 1.82) is 0 Å². The predicted molar refractivity (Wildman–Crippen MR) is 154 cm³/mol. The van der Waals surface area contributed by atoms with Crippen molar-refractivity contribution >= 4 is 35.2 Å². The van der Waals surface area contributed by atoms with Gasteiger partial charge in [0, 0.05) is 16.5 Å². The van der Waals surface area contributed by atoms with E-state index in [1.165, 1.54) is 0 Å². The minimum atomic E-state index is -0.753. The van der Waals surface area contributed by atoms with Crippen LogP contribution in [-0.4, -0.2) is 62.0 Å². The molecule has 3 aliphatic heterocycles. The summed E-state index contributed by atoms with van der Waals surface area (Å²) in [6.45, 7) is 5.87. The number of nitrogens with zero attached hydrogens (tertiary/aromatic N) is 1. The highest BCUT2D eigenvalue weighted by Crippen LogP contribution is 2.71. The highest BCUT2D eigenvalue weighted by Gasteiger charge is 2.77. The minimum Gasteiger partial charge on any atom is -0.394 e. The first kappa shape index (κ1) is 27.7. The molecule has 0 aromatic heterocycles. The van der Waals surface area contributed by atoms with Gasteiger partial charge in [0.15, 0.2) is 0 Å². The minimum absolute atomic E-state index is 0.0343. The molecule has 0 aliphatic carbocycles. The number of thioether (sulfide) groups is 1. The van der Waals surface area contributed by atoms with Crippen LogP contribution in [0.2, 0.25) is 0 Å². The molecule has 7 nitrogen and oxygen atoms in total. The highest BCUT2D eigenvalue weighted by atomic mass is 32.2. The summed E-state index contributed by atoms with van der Waals surface area (Å²) in [7, 11) is 0. The third-order valence-corrected chi connectivity index (χ3v) is 10.8. The Morgan fingerprint density at radius 2 is 1.74 bits per heavy atom. The van der Waals surface area contributed by atoms with Crippen LogP contribution in [0.25, 0.3) is 0 Å². The Labute approximate surface area is 235 Å². The molecule has 2 aromatic carbocycles. The number of carbonyl (C=O) groups excluding carboxylic acids is 3. The number of benzene rings is 2. The Hall–Kier alpha value is -2.84. The Bertz CT molecular complexity index is 1210. The molecule has 3 saturated heterocycles. The number of aliphatic hydroxyl groups excluding tert-OH is 1. The summed E-state index contributed by atoms with van der Waals surface area (Å²) in [6.07, 6.45) is 3.63. The Morgan fingerprint density at radius 3 is 2.38 bits per heavy atom. The van der Waals surface area contributed by atoms with E-state index in [2.05, 4.69) is 24.5 Å². The van der Waals surface area contributed by atoms with Gasteiger partial charge in [-0.15, -0.1) is 11.8 Å². The number of aliphatic hydroxyl groups is 1. The molecule has 2 bridgehead atoms. The van der Waals surface area contributed by atoms with Crippen molar-refractivity contribution in [2.24, 2.45) is 11.8 Å². The van der Waals surface area contributed by atoms with E-state index in [9.17, 15) is 19.5 Å². The third-order valence-electron chi connectivity index (χ3n) is 8.82. The van der Waals surface area contributed by atoms with Crippen LogP contribution in [0.4, 0.5) is 5.69 Å². The van der Waals surface area contributed by atoms with E-state index in [4.69, 9.17) is 0 Å². The van der Waals surface area contributed by atoms with Crippen LogP contribution in [0.15, 0.2) is 60.7 Å². The Morgan fingerprint density at radius 1 is 1.08 bits per heavy atom. The highest BCUT2D eigenvalue weighted by molar-refractivity contribution is 8.02. The lowest BCUT2D eigenvalue weighted by atomic mass is 9.66. The second-order valence-electron chi connectivity index (χ2n) is 11.6. The molecule has 39 heavy (non-hydrogen) atoms. The van der Waals surface area contributed by atoms with Gasteiger partial charge in [-0.05, 0) is 57.2 Å². The molecule has 0 saturated carbocycles. The number of fused-ring (bicyclic) bond motifs is 1. The third kappa shape index (κ3) is 4.86. The molecule has 3 amide bonds. The smallest absolute Gasteiger partial charge is 0.244 e. The van der Waals surface area contributed by atoms with Gasteiger partial charge >= 0.3 is 0 Å². The first-order valence-corrected chi connectivity index (χ1v) is 14.9. The largest absolute Gasteiger partial charge is 0.394 e. The second kappa shape index (κ2) is 11.0. The van der Waals surface area contributed by atoms with Gasteiger partial charge < -0.3 is 20.6 Å². The topological polar surface area (TPSA) is 98.7 Å². The zero-order valence-corrected chi connectivity index (χ0v) is 23.7. The number of carbonyl (C=O) groups is 3. The van der Waals surface area contributed by atoms with E-state index < -0.39 is 33.4 Å². The van der Waals surface area contributed by atoms with E-state index >= 15 is 0 Å². The van der Waals surface area contributed by atoms with Crippen LogP contribution < -0.4 is 10.6 Å². The van der Waals surface area contributed by atoms with Crippen LogP contribution in [0.3, 0.4) is 0 Å². The van der Waals surface area contributed by atoms with Crippen LogP contribution in [0.1, 0.15) is 52.0 Å². The number of likely N-dealkylation sites (tertiary alicyclic amines) is 1. The fourth-order valence-corrected chi connectivity index (χ4v) is 9.51. The molecule has 2 aromatic rings. The Kier molecular flexibility index (Phi) is 7.80. The maximum absolute atomic E-state index is 14.4. The maximum atomic E-state index is 14.4. The molecule has 3 unspecified atom stereocenters. The van der Waals surface area contributed by atoms with Crippen molar-refractivity contribution < 1.29 is 19.5 Å². The van der Waals surface area contributed by atoms with E-state index in [0.717, 1.165) is 24.8 Å². The average Bonchev–Trinajstić information content (AvgIpc) is 3.49. The molecule has 1 spiro atoms. The van der Waals surface area contributed by atoms with Crippen LogP contribution in [-0.2, 0) is 20.8 Å². The van der Waals surface area contributed by atoms with Gasteiger partial charge in [0.05, 0.1) is 29.2 Å². The van der Waals surface area contributed by atoms with Crippen LogP contribution in [0.5, 0.6) is 0 Å². The first-order chi connectivity index (χ1) is 18.7. The SMILES string of the molecule is CCCC(C)NC(=O)C1N([C@@H](CO)Cc2ccccc2)C(=O)[C@@H]2[C@@H](C(=O)Nc3ccccc3)[C@@]3(C)CCC12S3. The second-order valence-corrected chi connectivity index (χ2v) is 13.4. The van der Waals surface area contributed by atoms with Crippen molar-refractivity contribution in [3.63, 3.8) is 0 Å². The van der Waals surface area contributed by atoms with Gasteiger partial charge in [-0.3, -0.25) is 14.4 Å². The van der Waals surface area contributed by atoms with Gasteiger partial charge in [-0.2, -0.15) is 0 Å². The van der Waals surface area contributed by atoms with Gasteiger partial charge in [0.1, 0.15) is 6.04 Å². The van der Waals surface area contributed by atoms with Gasteiger partial charge in [0.2, 0.25) is 17.7 Å². The number of hydrogen-bond donors (Lipinski definition) is 3. The summed E-state index contributed by atoms with van der Waals surface area (Å²) < 4.78 is -1.17. The molecular formula is C31H39N3O4S. The zero-order valence-electron chi connectivity index (χ0n) is 22.9. The fraction of sp³-hybridized carbons (Fsp3) is 0.516. The molecule has 3 heterocycles. The molecular weight excluding hydrogens is 510 g/mol. The maximum Gasteiger partial charge on any atom is 0.244 e. The molecule has 3 aliphatic rings. The molecule has 8 heteroatoms. The lowest BCUT2D eigenvalue weighted by Gasteiger charge is -2.37. The summed E-state index contributed by atoms with van der Waals surface area (Å²) in [4.78, 5) is 44.0. The number of rotatable bonds is 10. The molecule has 7 atom stereocenters. The van der Waals surface area contributed by atoms with Gasteiger partial charge in [0.25, 0.3) is 0 Å². The number of nitrogens with one attached hydrogen (secondary N) is 2. The molecule has 3 N–H and O–H groups in total. The molecule has 5 rings (SSSR count). The monoisotopic (exact) mass is 549 g/mol. The zero-order chi connectivity index (χ0) is 27.8. The van der Waals surface area contributed by atoms with Crippen LogP contribution >= 0.6 is 11.8 Å². The number of amides is 3. The average molecular weight is 550 g/mol. The van der Waals surface area contributed by atoms with Crippen molar-refractivity contribution in [3.8, 4) is 0 Å². The number of anilines is 1. The summed E-state index contributed by atoms with van der Waals surface area (Å²) in [5, 5.41) is 16.8. The number of hydrogen-bond acceptors (Lipinski definition) is 5. The van der Waals surface area contributed by atoms with E-state index in [-0.39, 0.29) is 30.4 Å².